The molecule has 6 heteroatoms. The molecule has 4 rings (SSSR count). The molecule has 1 N–H and O–H groups in total. The van der Waals surface area contributed by atoms with Crippen LogP contribution < -0.4 is 10.2 Å². The number of thioether (sulfide) groups is 1. The minimum Gasteiger partial charge on any atom is -0.321 e. The number of rotatable bonds is 6. The van der Waals surface area contributed by atoms with E-state index in [0.717, 1.165) is 16.7 Å². The Morgan fingerprint density at radius 1 is 1.03 bits per heavy atom. The predicted octanol–water partition coefficient (Wildman–Crippen LogP) is 6.18. The quantitative estimate of drug-likeness (QED) is 0.337. The third kappa shape index (κ3) is 5.31. The van der Waals surface area contributed by atoms with Crippen molar-refractivity contribution in [2.45, 2.75) is 38.4 Å². The van der Waals surface area contributed by atoms with Crippen molar-refractivity contribution in [2.24, 2.45) is 0 Å². The molecule has 1 aliphatic rings. The summed E-state index contributed by atoms with van der Waals surface area (Å²) in [4.78, 5) is 28.3. The lowest BCUT2D eigenvalue weighted by Gasteiger charge is -2.19. The monoisotopic (exact) mass is 481 g/mol. The van der Waals surface area contributed by atoms with Crippen LogP contribution in [0, 0.1) is 18.3 Å². The van der Waals surface area contributed by atoms with Gasteiger partial charge in [-0.25, -0.2) is 0 Å². The summed E-state index contributed by atoms with van der Waals surface area (Å²) >= 11 is 1.28. The average Bonchev–Trinajstić information content (AvgIpc) is 3.17. The van der Waals surface area contributed by atoms with Crippen LogP contribution in [0.2, 0.25) is 0 Å². The Bertz CT molecular complexity index is 1310. The summed E-state index contributed by atoms with van der Waals surface area (Å²) in [5.41, 5.74) is 4.49. The largest absolute Gasteiger partial charge is 0.321 e. The molecule has 1 atom stereocenters. The zero-order valence-corrected chi connectivity index (χ0v) is 20.8. The van der Waals surface area contributed by atoms with E-state index in [2.05, 4.69) is 25.2 Å². The van der Waals surface area contributed by atoms with E-state index in [-0.39, 0.29) is 11.5 Å². The molecule has 1 heterocycles. The Hall–Kier alpha value is -3.82. The molecule has 3 aromatic carbocycles. The number of anilines is 2. The maximum Gasteiger partial charge on any atom is 0.269 e. The highest BCUT2D eigenvalue weighted by Gasteiger charge is 2.41. The van der Waals surface area contributed by atoms with Crippen molar-refractivity contribution in [3.8, 4) is 6.07 Å². The molecular formula is C29H27N3O2S. The summed E-state index contributed by atoms with van der Waals surface area (Å²) in [5, 5.41) is 12.7. The van der Waals surface area contributed by atoms with Crippen molar-refractivity contribution < 1.29 is 9.59 Å². The average molecular weight is 482 g/mol. The predicted molar refractivity (Wildman–Crippen MR) is 142 cm³/mol. The Morgan fingerprint density at radius 3 is 2.31 bits per heavy atom. The normalized spacial score (nSPS) is 16.8. The van der Waals surface area contributed by atoms with E-state index in [0.29, 0.717) is 28.7 Å². The smallest absolute Gasteiger partial charge is 0.269 e. The first-order valence-corrected chi connectivity index (χ1v) is 12.4. The Morgan fingerprint density at radius 2 is 1.69 bits per heavy atom. The summed E-state index contributed by atoms with van der Waals surface area (Å²) < 4.78 is 0. The van der Waals surface area contributed by atoms with Crippen molar-refractivity contribution in [1.29, 1.82) is 5.26 Å². The van der Waals surface area contributed by atoms with Crippen molar-refractivity contribution in [2.75, 3.05) is 10.2 Å². The molecule has 0 saturated carbocycles. The van der Waals surface area contributed by atoms with E-state index in [9.17, 15) is 14.9 Å². The zero-order chi connectivity index (χ0) is 24.9. The highest BCUT2D eigenvalue weighted by atomic mass is 32.2. The maximum absolute atomic E-state index is 13.7. The molecule has 2 amide bonds. The second kappa shape index (κ2) is 10.6. The van der Waals surface area contributed by atoms with Gasteiger partial charge in [0.15, 0.2) is 0 Å². The number of amides is 2. The van der Waals surface area contributed by atoms with E-state index in [1.165, 1.54) is 16.7 Å². The van der Waals surface area contributed by atoms with Crippen LogP contribution in [-0.4, -0.2) is 17.1 Å². The molecule has 1 fully saturated rings. The van der Waals surface area contributed by atoms with Gasteiger partial charge in [-0.3, -0.25) is 14.5 Å². The van der Waals surface area contributed by atoms with E-state index in [1.54, 1.807) is 12.1 Å². The van der Waals surface area contributed by atoms with Gasteiger partial charge >= 0.3 is 0 Å². The van der Waals surface area contributed by atoms with Gasteiger partial charge in [0.1, 0.15) is 16.7 Å². The fourth-order valence-corrected chi connectivity index (χ4v) is 5.28. The van der Waals surface area contributed by atoms with Crippen molar-refractivity contribution in [1.82, 2.24) is 0 Å². The zero-order valence-electron chi connectivity index (χ0n) is 20.0. The third-order valence-electron chi connectivity index (χ3n) is 6.02. The second-order valence-electron chi connectivity index (χ2n) is 8.77. The van der Waals surface area contributed by atoms with Crippen LogP contribution in [0.4, 0.5) is 11.4 Å². The van der Waals surface area contributed by atoms with Gasteiger partial charge in [0.25, 0.3) is 5.91 Å². The van der Waals surface area contributed by atoms with Crippen LogP contribution in [-0.2, 0) is 16.0 Å². The van der Waals surface area contributed by atoms with Gasteiger partial charge in [-0.1, -0.05) is 80.2 Å². The molecule has 0 radical (unpaired) electrons. The first kappa shape index (κ1) is 24.3. The number of nitrogens with zero attached hydrogens (tertiary/aromatic N) is 2. The molecule has 0 bridgehead atoms. The number of para-hydroxylation sites is 1. The molecule has 0 aromatic heterocycles. The summed E-state index contributed by atoms with van der Waals surface area (Å²) in [6, 6.07) is 26.7. The molecule has 5 nitrogen and oxygen atoms in total. The molecule has 3 aromatic rings. The molecule has 176 valence electrons. The summed E-state index contributed by atoms with van der Waals surface area (Å²) in [6.45, 7) is 6.24. The van der Waals surface area contributed by atoms with Gasteiger partial charge < -0.3 is 5.32 Å². The molecule has 1 aliphatic heterocycles. The Balaban J connectivity index is 1.74. The molecular weight excluding hydrogens is 454 g/mol. The highest BCUT2D eigenvalue weighted by molar-refractivity contribution is 8.05. The second-order valence-corrected chi connectivity index (χ2v) is 9.96. The molecule has 1 unspecified atom stereocenters. The van der Waals surface area contributed by atoms with E-state index >= 15 is 0 Å². The van der Waals surface area contributed by atoms with Crippen LogP contribution in [0.5, 0.6) is 0 Å². The third-order valence-corrected chi connectivity index (χ3v) is 7.28. The summed E-state index contributed by atoms with van der Waals surface area (Å²) in [5.74, 6) is -0.317. The summed E-state index contributed by atoms with van der Waals surface area (Å²) in [6.07, 6.45) is 0.513. The fraction of sp³-hybridized carbons (Fsp3) is 0.207. The minimum atomic E-state index is -0.533. The standard InChI is InChI=1S/C29H27N3O2S/c1-19(2)21-13-15-24(16-14-21)32-28(34)26(17-22-10-8-7-9-20(22)3)35-29(32)25(18-30)27(33)31-23-11-5-4-6-12-23/h4-16,19,26H,17H2,1-3H3,(H,31,33)/b29-25-. The lowest BCUT2D eigenvalue weighted by Crippen LogP contribution is -2.31. The van der Waals surface area contributed by atoms with E-state index < -0.39 is 11.2 Å². The first-order valence-electron chi connectivity index (χ1n) is 11.5. The Labute approximate surface area is 210 Å². The van der Waals surface area contributed by atoms with Crippen LogP contribution in [0.3, 0.4) is 0 Å². The number of benzene rings is 3. The number of aryl methyl sites for hydroxylation is 1. The number of hydrogen-bond donors (Lipinski definition) is 1. The number of nitriles is 1. The topological polar surface area (TPSA) is 73.2 Å². The first-order chi connectivity index (χ1) is 16.9. The molecule has 0 spiro atoms. The van der Waals surface area contributed by atoms with Gasteiger partial charge in [-0.2, -0.15) is 5.26 Å². The van der Waals surface area contributed by atoms with Crippen molar-refractivity contribution >= 4 is 35.0 Å². The van der Waals surface area contributed by atoms with E-state index in [1.807, 2.05) is 73.7 Å². The van der Waals surface area contributed by atoms with Gasteiger partial charge in [0.05, 0.1) is 5.25 Å². The van der Waals surface area contributed by atoms with E-state index in [4.69, 9.17) is 0 Å². The summed E-state index contributed by atoms with van der Waals surface area (Å²) in [7, 11) is 0. The fourth-order valence-electron chi connectivity index (χ4n) is 3.98. The number of carbonyl (C=O) groups excluding carboxylic acids is 2. The van der Waals surface area contributed by atoms with Gasteiger partial charge in [-0.05, 0) is 60.2 Å². The lowest BCUT2D eigenvalue weighted by atomic mass is 10.0. The Kier molecular flexibility index (Phi) is 7.38. The minimum absolute atomic E-state index is 0.0765. The van der Waals surface area contributed by atoms with Crippen LogP contribution >= 0.6 is 11.8 Å². The molecule has 35 heavy (non-hydrogen) atoms. The maximum atomic E-state index is 13.7. The SMILES string of the molecule is Cc1ccccc1CC1S/C(=C(/C#N)C(=O)Nc2ccccc2)N(c2ccc(C(C)C)cc2)C1=O. The highest BCUT2D eigenvalue weighted by Crippen LogP contribution is 2.42. The lowest BCUT2D eigenvalue weighted by molar-refractivity contribution is -0.117. The van der Waals surface area contributed by atoms with Crippen LogP contribution in [0.15, 0.2) is 89.5 Å². The number of nitrogens with one attached hydrogen (secondary N) is 1. The molecule has 1 saturated heterocycles. The number of carbonyl (C=O) groups is 2. The van der Waals surface area contributed by atoms with Crippen molar-refractivity contribution in [3.63, 3.8) is 0 Å². The number of hydrogen-bond acceptors (Lipinski definition) is 4. The van der Waals surface area contributed by atoms with Gasteiger partial charge in [0, 0.05) is 11.4 Å². The molecule has 0 aliphatic carbocycles. The van der Waals surface area contributed by atoms with Crippen LogP contribution in [0.25, 0.3) is 0 Å². The van der Waals surface area contributed by atoms with Gasteiger partial charge in [0.2, 0.25) is 5.91 Å². The van der Waals surface area contributed by atoms with Crippen LogP contribution in [0.1, 0.15) is 36.5 Å². The van der Waals surface area contributed by atoms with Crippen molar-refractivity contribution in [3.05, 3.63) is 106 Å². The van der Waals surface area contributed by atoms with Gasteiger partial charge in [-0.15, -0.1) is 0 Å².